The minimum Gasteiger partial charge on any atom is -0.494 e. The summed E-state index contributed by atoms with van der Waals surface area (Å²) in [5.74, 6) is -0.150. The van der Waals surface area contributed by atoms with Crippen molar-refractivity contribution >= 4 is 5.78 Å². The van der Waals surface area contributed by atoms with Gasteiger partial charge in [0.05, 0.1) is 7.11 Å². The SMILES string of the molecule is COc1cccc(CC2CCc3ccccc3C2=O)c1F. The average Bonchev–Trinajstić information content (AvgIpc) is 2.52. The van der Waals surface area contributed by atoms with Crippen LogP contribution in [-0.2, 0) is 12.8 Å². The molecule has 0 aliphatic heterocycles. The summed E-state index contributed by atoms with van der Waals surface area (Å²) in [5, 5.41) is 0. The van der Waals surface area contributed by atoms with E-state index in [9.17, 15) is 9.18 Å². The second-order valence-corrected chi connectivity index (χ2v) is 5.39. The van der Waals surface area contributed by atoms with E-state index in [1.54, 1.807) is 18.2 Å². The van der Waals surface area contributed by atoms with Gasteiger partial charge in [-0.1, -0.05) is 36.4 Å². The Bertz CT molecular complexity index is 679. The zero-order valence-electron chi connectivity index (χ0n) is 11.9. The Morgan fingerprint density at radius 1 is 1.19 bits per heavy atom. The number of Topliss-reactive ketones (excluding diaryl/α,β-unsaturated/α-hetero) is 1. The van der Waals surface area contributed by atoms with Crippen molar-refractivity contribution in [2.75, 3.05) is 7.11 Å². The van der Waals surface area contributed by atoms with Gasteiger partial charge in [-0.25, -0.2) is 4.39 Å². The first-order chi connectivity index (χ1) is 10.2. The molecule has 0 saturated carbocycles. The van der Waals surface area contributed by atoms with Crippen LogP contribution in [0.5, 0.6) is 5.75 Å². The number of halogens is 1. The van der Waals surface area contributed by atoms with Crippen LogP contribution >= 0.6 is 0 Å². The molecular weight excluding hydrogens is 267 g/mol. The van der Waals surface area contributed by atoms with Crippen LogP contribution in [-0.4, -0.2) is 12.9 Å². The fraction of sp³-hybridized carbons (Fsp3) is 0.278. The number of benzene rings is 2. The molecular formula is C18H17FO2. The quantitative estimate of drug-likeness (QED) is 0.856. The van der Waals surface area contributed by atoms with Gasteiger partial charge in [0.25, 0.3) is 0 Å². The molecule has 2 nitrogen and oxygen atoms in total. The molecule has 2 aromatic rings. The van der Waals surface area contributed by atoms with Gasteiger partial charge in [0.1, 0.15) is 0 Å². The molecule has 0 heterocycles. The number of carbonyl (C=O) groups is 1. The fourth-order valence-corrected chi connectivity index (χ4v) is 2.99. The maximum atomic E-state index is 14.2. The maximum absolute atomic E-state index is 14.2. The highest BCUT2D eigenvalue weighted by molar-refractivity contribution is 6.00. The Balaban J connectivity index is 1.86. The smallest absolute Gasteiger partial charge is 0.168 e. The first-order valence-corrected chi connectivity index (χ1v) is 7.14. The number of ether oxygens (including phenoxy) is 1. The molecule has 0 amide bonds. The van der Waals surface area contributed by atoms with E-state index < -0.39 is 0 Å². The van der Waals surface area contributed by atoms with Crippen LogP contribution in [0.15, 0.2) is 42.5 Å². The molecule has 0 N–H and O–H groups in total. The fourth-order valence-electron chi connectivity index (χ4n) is 2.99. The van der Waals surface area contributed by atoms with Crippen LogP contribution in [0.3, 0.4) is 0 Å². The number of rotatable bonds is 3. The van der Waals surface area contributed by atoms with Gasteiger partial charge >= 0.3 is 0 Å². The van der Waals surface area contributed by atoms with E-state index in [4.69, 9.17) is 4.74 Å². The molecule has 3 heteroatoms. The minimum absolute atomic E-state index is 0.124. The lowest BCUT2D eigenvalue weighted by Crippen LogP contribution is -2.24. The molecule has 1 atom stereocenters. The molecule has 1 unspecified atom stereocenters. The highest BCUT2D eigenvalue weighted by Crippen LogP contribution is 2.30. The number of carbonyl (C=O) groups excluding carboxylic acids is 1. The van der Waals surface area contributed by atoms with Gasteiger partial charge in [-0.2, -0.15) is 0 Å². The van der Waals surface area contributed by atoms with E-state index >= 15 is 0 Å². The lowest BCUT2D eigenvalue weighted by molar-refractivity contribution is 0.0900. The van der Waals surface area contributed by atoms with E-state index in [1.165, 1.54) is 7.11 Å². The first-order valence-electron chi connectivity index (χ1n) is 7.14. The highest BCUT2D eigenvalue weighted by atomic mass is 19.1. The van der Waals surface area contributed by atoms with Gasteiger partial charge in [-0.3, -0.25) is 4.79 Å². The summed E-state index contributed by atoms with van der Waals surface area (Å²) in [6.45, 7) is 0. The van der Waals surface area contributed by atoms with Crippen LogP contribution in [0.2, 0.25) is 0 Å². The number of hydrogen-bond acceptors (Lipinski definition) is 2. The van der Waals surface area contributed by atoms with Crippen molar-refractivity contribution in [1.29, 1.82) is 0 Å². The largest absolute Gasteiger partial charge is 0.494 e. The summed E-state index contributed by atoms with van der Waals surface area (Å²) in [5.41, 5.74) is 2.44. The van der Waals surface area contributed by atoms with Gasteiger partial charge in [-0.15, -0.1) is 0 Å². The Labute approximate surface area is 123 Å². The molecule has 21 heavy (non-hydrogen) atoms. The van der Waals surface area contributed by atoms with Crippen molar-refractivity contribution in [2.24, 2.45) is 5.92 Å². The standard InChI is InChI=1S/C18H17FO2/c1-21-16-8-4-6-13(17(16)19)11-14-10-9-12-5-2-3-7-15(12)18(14)20/h2-8,14H,9-11H2,1H3. The molecule has 1 aliphatic rings. The molecule has 0 radical (unpaired) electrons. The predicted molar refractivity (Wildman–Crippen MR) is 79.2 cm³/mol. The molecule has 0 aromatic heterocycles. The first kappa shape index (κ1) is 13.8. The molecule has 2 aromatic carbocycles. The third kappa shape index (κ3) is 2.56. The van der Waals surface area contributed by atoms with Crippen LogP contribution in [0.4, 0.5) is 4.39 Å². The van der Waals surface area contributed by atoms with Crippen LogP contribution in [0.25, 0.3) is 0 Å². The predicted octanol–water partition coefficient (Wildman–Crippen LogP) is 3.82. The zero-order valence-corrected chi connectivity index (χ0v) is 11.9. The summed E-state index contributed by atoms with van der Waals surface area (Å²) in [4.78, 5) is 12.5. The zero-order chi connectivity index (χ0) is 14.8. The third-order valence-electron chi connectivity index (χ3n) is 4.15. The van der Waals surface area contributed by atoms with Crippen LogP contribution in [0.1, 0.15) is 27.9 Å². The summed E-state index contributed by atoms with van der Waals surface area (Å²) in [7, 11) is 1.45. The van der Waals surface area contributed by atoms with E-state index in [-0.39, 0.29) is 23.3 Å². The van der Waals surface area contributed by atoms with Gasteiger partial charge in [0.15, 0.2) is 17.3 Å². The summed E-state index contributed by atoms with van der Waals surface area (Å²) in [6.07, 6.45) is 2.07. The van der Waals surface area contributed by atoms with Crippen molar-refractivity contribution in [1.82, 2.24) is 0 Å². The van der Waals surface area contributed by atoms with Crippen LogP contribution < -0.4 is 4.74 Å². The van der Waals surface area contributed by atoms with Crippen molar-refractivity contribution < 1.29 is 13.9 Å². The number of aryl methyl sites for hydroxylation is 1. The lowest BCUT2D eigenvalue weighted by atomic mass is 9.80. The molecule has 0 spiro atoms. The van der Waals surface area contributed by atoms with Crippen molar-refractivity contribution in [3.8, 4) is 5.75 Å². The number of ketones is 1. The third-order valence-corrected chi connectivity index (χ3v) is 4.15. The molecule has 0 fully saturated rings. The van der Waals surface area contributed by atoms with Gasteiger partial charge in [-0.05, 0) is 36.5 Å². The number of methoxy groups -OCH3 is 1. The molecule has 3 rings (SSSR count). The normalized spacial score (nSPS) is 17.4. The van der Waals surface area contributed by atoms with E-state index in [0.717, 1.165) is 24.0 Å². The summed E-state index contributed by atoms with van der Waals surface area (Å²) >= 11 is 0. The molecule has 108 valence electrons. The van der Waals surface area contributed by atoms with E-state index in [0.29, 0.717) is 12.0 Å². The summed E-state index contributed by atoms with van der Waals surface area (Å²) < 4.78 is 19.2. The second-order valence-electron chi connectivity index (χ2n) is 5.39. The van der Waals surface area contributed by atoms with Crippen LogP contribution in [0, 0.1) is 11.7 Å². The monoisotopic (exact) mass is 284 g/mol. The number of fused-ring (bicyclic) bond motifs is 1. The maximum Gasteiger partial charge on any atom is 0.168 e. The Morgan fingerprint density at radius 2 is 2.00 bits per heavy atom. The van der Waals surface area contributed by atoms with Crippen molar-refractivity contribution in [3.05, 3.63) is 65.0 Å². The Hall–Kier alpha value is -2.16. The van der Waals surface area contributed by atoms with Crippen molar-refractivity contribution in [3.63, 3.8) is 0 Å². The number of hydrogen-bond donors (Lipinski definition) is 0. The Morgan fingerprint density at radius 3 is 2.81 bits per heavy atom. The second kappa shape index (κ2) is 5.68. The topological polar surface area (TPSA) is 26.3 Å². The van der Waals surface area contributed by atoms with E-state index in [2.05, 4.69) is 0 Å². The van der Waals surface area contributed by atoms with E-state index in [1.807, 2.05) is 24.3 Å². The molecule has 0 bridgehead atoms. The van der Waals surface area contributed by atoms with Gasteiger partial charge in [0, 0.05) is 11.5 Å². The Kier molecular flexibility index (Phi) is 3.74. The minimum atomic E-state index is -0.355. The average molecular weight is 284 g/mol. The highest BCUT2D eigenvalue weighted by Gasteiger charge is 2.28. The van der Waals surface area contributed by atoms with Gasteiger partial charge < -0.3 is 4.74 Å². The van der Waals surface area contributed by atoms with Crippen molar-refractivity contribution in [2.45, 2.75) is 19.3 Å². The molecule has 1 aliphatic carbocycles. The summed E-state index contributed by atoms with van der Waals surface area (Å²) in [6, 6.07) is 12.8. The lowest BCUT2D eigenvalue weighted by Gasteiger charge is -2.23. The molecule has 0 saturated heterocycles. The van der Waals surface area contributed by atoms with Gasteiger partial charge in [0.2, 0.25) is 0 Å².